The molecule has 0 aliphatic heterocycles. The first-order chi connectivity index (χ1) is 9.58. The third kappa shape index (κ3) is 3.55. The molecule has 1 atom stereocenters. The van der Waals surface area contributed by atoms with Crippen LogP contribution in [0, 0.1) is 0 Å². The van der Waals surface area contributed by atoms with E-state index in [1.54, 1.807) is 6.92 Å². The number of Topliss-reactive ketones (excluding diaryl/α,β-unsaturated/α-hetero) is 1. The number of ketones is 1. The molecule has 0 saturated carbocycles. The van der Waals surface area contributed by atoms with Gasteiger partial charge in [-0.05, 0) is 37.7 Å². The van der Waals surface area contributed by atoms with Crippen molar-refractivity contribution in [1.82, 2.24) is 4.90 Å². The topological polar surface area (TPSA) is 20.3 Å². The minimum absolute atomic E-state index is 0.150. The first-order valence-corrected chi connectivity index (χ1v) is 6.89. The maximum absolute atomic E-state index is 11.4. The van der Waals surface area contributed by atoms with Gasteiger partial charge in [-0.15, -0.1) is 0 Å². The number of rotatable bonds is 5. The van der Waals surface area contributed by atoms with Crippen molar-refractivity contribution in [3.8, 4) is 11.1 Å². The first kappa shape index (κ1) is 14.5. The Balaban J connectivity index is 2.24. The van der Waals surface area contributed by atoms with Gasteiger partial charge in [0.15, 0.2) is 0 Å². The van der Waals surface area contributed by atoms with E-state index in [1.165, 1.54) is 16.7 Å². The van der Waals surface area contributed by atoms with Gasteiger partial charge in [0.05, 0.1) is 0 Å². The molecular formula is C18H21NO. The second-order valence-electron chi connectivity index (χ2n) is 5.37. The summed E-state index contributed by atoms with van der Waals surface area (Å²) in [6.07, 6.45) is 0.553. The molecule has 0 aliphatic carbocycles. The highest BCUT2D eigenvalue weighted by atomic mass is 16.1. The molecule has 0 spiro atoms. The smallest absolute Gasteiger partial charge is 0.131 e. The van der Waals surface area contributed by atoms with Crippen molar-refractivity contribution in [3.63, 3.8) is 0 Å². The van der Waals surface area contributed by atoms with Crippen LogP contribution in [0.3, 0.4) is 0 Å². The van der Waals surface area contributed by atoms with Gasteiger partial charge in [-0.2, -0.15) is 0 Å². The van der Waals surface area contributed by atoms with E-state index >= 15 is 0 Å². The van der Waals surface area contributed by atoms with E-state index in [2.05, 4.69) is 41.3 Å². The largest absolute Gasteiger partial charge is 0.302 e. The number of hydrogen-bond acceptors (Lipinski definition) is 2. The Morgan fingerprint density at radius 3 is 2.00 bits per heavy atom. The molecule has 0 saturated heterocycles. The van der Waals surface area contributed by atoms with Gasteiger partial charge in [-0.25, -0.2) is 0 Å². The predicted molar refractivity (Wildman–Crippen MR) is 83.6 cm³/mol. The van der Waals surface area contributed by atoms with E-state index in [4.69, 9.17) is 0 Å². The average Bonchev–Trinajstić information content (AvgIpc) is 2.45. The van der Waals surface area contributed by atoms with Crippen molar-refractivity contribution in [1.29, 1.82) is 0 Å². The molecule has 0 bridgehead atoms. The number of hydrogen-bond donors (Lipinski definition) is 0. The van der Waals surface area contributed by atoms with Crippen LogP contribution >= 0.6 is 0 Å². The van der Waals surface area contributed by atoms with Gasteiger partial charge in [0, 0.05) is 12.5 Å². The monoisotopic (exact) mass is 267 g/mol. The van der Waals surface area contributed by atoms with E-state index in [0.29, 0.717) is 6.42 Å². The van der Waals surface area contributed by atoms with Gasteiger partial charge < -0.3 is 4.90 Å². The molecule has 0 amide bonds. The summed E-state index contributed by atoms with van der Waals surface area (Å²) in [5.41, 5.74) is 3.60. The summed E-state index contributed by atoms with van der Waals surface area (Å²) < 4.78 is 0. The zero-order valence-electron chi connectivity index (χ0n) is 12.3. The molecule has 1 unspecified atom stereocenters. The zero-order valence-corrected chi connectivity index (χ0v) is 12.3. The van der Waals surface area contributed by atoms with Gasteiger partial charge in [0.1, 0.15) is 5.78 Å². The summed E-state index contributed by atoms with van der Waals surface area (Å²) in [6.45, 7) is 1.65. The summed E-state index contributed by atoms with van der Waals surface area (Å²) in [6, 6.07) is 19.0. The van der Waals surface area contributed by atoms with Crippen molar-refractivity contribution in [3.05, 3.63) is 60.2 Å². The van der Waals surface area contributed by atoms with Crippen molar-refractivity contribution in [2.24, 2.45) is 0 Å². The molecule has 0 heterocycles. The Morgan fingerprint density at radius 2 is 1.50 bits per heavy atom. The van der Waals surface area contributed by atoms with Crippen LogP contribution in [0.2, 0.25) is 0 Å². The summed E-state index contributed by atoms with van der Waals surface area (Å²) in [7, 11) is 4.03. The van der Waals surface area contributed by atoms with Crippen LogP contribution in [-0.4, -0.2) is 24.8 Å². The third-order valence-corrected chi connectivity index (χ3v) is 3.51. The Kier molecular flexibility index (Phi) is 4.70. The fraction of sp³-hybridized carbons (Fsp3) is 0.278. The standard InChI is InChI=1S/C18H21NO/c1-14(20)13-18(19(2)3)17-11-9-16(10-12-17)15-7-5-4-6-8-15/h4-12,18H,13H2,1-3H3. The maximum atomic E-state index is 11.4. The molecule has 0 aliphatic rings. The summed E-state index contributed by atoms with van der Waals surface area (Å²) in [5.74, 6) is 0.218. The highest BCUT2D eigenvalue weighted by molar-refractivity contribution is 5.76. The molecule has 0 N–H and O–H groups in total. The summed E-state index contributed by atoms with van der Waals surface area (Å²) in [5, 5.41) is 0. The van der Waals surface area contributed by atoms with Crippen LogP contribution in [0.4, 0.5) is 0 Å². The second-order valence-corrected chi connectivity index (χ2v) is 5.37. The van der Waals surface area contributed by atoms with E-state index in [1.807, 2.05) is 32.3 Å². The molecule has 2 aromatic carbocycles. The van der Waals surface area contributed by atoms with Gasteiger partial charge in [0.25, 0.3) is 0 Å². The average molecular weight is 267 g/mol. The molecule has 20 heavy (non-hydrogen) atoms. The van der Waals surface area contributed by atoms with Crippen LogP contribution in [0.15, 0.2) is 54.6 Å². The zero-order chi connectivity index (χ0) is 14.5. The van der Waals surface area contributed by atoms with Gasteiger partial charge in [0.2, 0.25) is 0 Å². The first-order valence-electron chi connectivity index (χ1n) is 6.89. The lowest BCUT2D eigenvalue weighted by atomic mass is 9.97. The lowest BCUT2D eigenvalue weighted by molar-refractivity contribution is -0.118. The van der Waals surface area contributed by atoms with Crippen LogP contribution in [0.1, 0.15) is 24.9 Å². The highest BCUT2D eigenvalue weighted by Gasteiger charge is 2.16. The Labute approximate surface area is 121 Å². The number of nitrogens with zero attached hydrogens (tertiary/aromatic N) is 1. The van der Waals surface area contributed by atoms with Crippen molar-refractivity contribution < 1.29 is 4.79 Å². The minimum atomic E-state index is 0.150. The minimum Gasteiger partial charge on any atom is -0.302 e. The highest BCUT2D eigenvalue weighted by Crippen LogP contribution is 2.26. The van der Waals surface area contributed by atoms with Crippen LogP contribution in [-0.2, 0) is 4.79 Å². The van der Waals surface area contributed by atoms with Crippen LogP contribution < -0.4 is 0 Å². The molecule has 0 fully saturated rings. The molecular weight excluding hydrogens is 246 g/mol. The normalized spacial score (nSPS) is 12.4. The Hall–Kier alpha value is -1.93. The summed E-state index contributed by atoms with van der Waals surface area (Å²) >= 11 is 0. The molecule has 2 rings (SSSR count). The molecule has 0 aromatic heterocycles. The number of benzene rings is 2. The maximum Gasteiger partial charge on any atom is 0.131 e. The van der Waals surface area contributed by atoms with Crippen LogP contribution in [0.25, 0.3) is 11.1 Å². The van der Waals surface area contributed by atoms with Crippen molar-refractivity contribution >= 4 is 5.78 Å². The number of carbonyl (C=O) groups excluding carboxylic acids is 1. The van der Waals surface area contributed by atoms with Gasteiger partial charge in [-0.1, -0.05) is 54.6 Å². The SMILES string of the molecule is CC(=O)CC(c1ccc(-c2ccccc2)cc1)N(C)C. The van der Waals surface area contributed by atoms with E-state index in [9.17, 15) is 4.79 Å². The van der Waals surface area contributed by atoms with Gasteiger partial charge in [-0.3, -0.25) is 4.79 Å². The lowest BCUT2D eigenvalue weighted by Crippen LogP contribution is -2.22. The molecule has 2 nitrogen and oxygen atoms in total. The predicted octanol–water partition coefficient (Wildman–Crippen LogP) is 3.94. The van der Waals surface area contributed by atoms with Gasteiger partial charge >= 0.3 is 0 Å². The third-order valence-electron chi connectivity index (χ3n) is 3.51. The quantitative estimate of drug-likeness (QED) is 0.818. The Bertz CT molecular complexity index is 558. The second kappa shape index (κ2) is 6.49. The van der Waals surface area contributed by atoms with Crippen molar-refractivity contribution in [2.75, 3.05) is 14.1 Å². The van der Waals surface area contributed by atoms with Crippen molar-refractivity contribution in [2.45, 2.75) is 19.4 Å². The van der Waals surface area contributed by atoms with E-state index in [0.717, 1.165) is 0 Å². The van der Waals surface area contributed by atoms with E-state index < -0.39 is 0 Å². The Morgan fingerprint density at radius 1 is 0.950 bits per heavy atom. The lowest BCUT2D eigenvalue weighted by Gasteiger charge is -2.24. The number of carbonyl (C=O) groups is 1. The molecule has 104 valence electrons. The molecule has 2 heteroatoms. The fourth-order valence-electron chi connectivity index (χ4n) is 2.40. The van der Waals surface area contributed by atoms with Crippen LogP contribution in [0.5, 0.6) is 0 Å². The summed E-state index contributed by atoms with van der Waals surface area (Å²) in [4.78, 5) is 13.5. The molecule has 2 aromatic rings. The molecule has 0 radical (unpaired) electrons. The fourth-order valence-corrected chi connectivity index (χ4v) is 2.40. The van der Waals surface area contributed by atoms with E-state index in [-0.39, 0.29) is 11.8 Å².